The number of nitrogens with zero attached hydrogens (tertiary/aromatic N) is 2. The summed E-state index contributed by atoms with van der Waals surface area (Å²) in [6, 6.07) is 11.4. The molecule has 0 saturated heterocycles. The van der Waals surface area contributed by atoms with Crippen molar-refractivity contribution >= 4 is 50.5 Å². The number of methoxy groups -OCH3 is 1. The minimum absolute atomic E-state index is 0.0153. The lowest BCUT2D eigenvalue weighted by molar-refractivity contribution is -0.138. The first-order valence-corrected chi connectivity index (χ1v) is 11.7. The minimum Gasteiger partial charge on any atom is -0.481 e. The molecule has 3 rings (SSSR count). The van der Waals surface area contributed by atoms with Crippen LogP contribution in [0.25, 0.3) is 0 Å². The lowest BCUT2D eigenvalue weighted by Crippen LogP contribution is -2.51. The molecule has 1 atom stereocenters. The number of sulfonamides is 1. The number of aromatic nitrogens is 1. The Balaban J connectivity index is 2.02. The van der Waals surface area contributed by atoms with Gasteiger partial charge in [-0.2, -0.15) is 0 Å². The third-order valence-corrected chi connectivity index (χ3v) is 7.38. The highest BCUT2D eigenvalue weighted by molar-refractivity contribution is 7.93. The number of rotatable bonds is 9. The Hall–Kier alpha value is -3.15. The first kappa shape index (κ1) is 23.5. The van der Waals surface area contributed by atoms with Gasteiger partial charge < -0.3 is 15.2 Å². The Bertz CT molecular complexity index is 1220. The third kappa shape index (κ3) is 5.18. The molecular weight excluding hydrogens is 478 g/mol. The van der Waals surface area contributed by atoms with Crippen molar-refractivity contribution in [3.05, 3.63) is 70.0 Å². The topological polar surface area (TPSA) is 126 Å². The summed E-state index contributed by atoms with van der Waals surface area (Å²) in [7, 11) is -2.98. The van der Waals surface area contributed by atoms with Crippen LogP contribution in [0, 0.1) is 0 Å². The maximum Gasteiger partial charge on any atom is 0.329 e. The van der Waals surface area contributed by atoms with Gasteiger partial charge >= 0.3 is 5.97 Å². The summed E-state index contributed by atoms with van der Waals surface area (Å²) in [6.45, 7) is -0.500. The van der Waals surface area contributed by atoms with Crippen LogP contribution in [-0.2, 0) is 14.8 Å². The second-order valence-electron chi connectivity index (χ2n) is 6.34. The Morgan fingerprint density at radius 2 is 1.94 bits per heavy atom. The molecule has 0 radical (unpaired) electrons. The second kappa shape index (κ2) is 9.98. The predicted octanol–water partition coefficient (Wildman–Crippen LogP) is 2.88. The normalized spacial score (nSPS) is 12.1. The smallest absolute Gasteiger partial charge is 0.329 e. The molecule has 0 aliphatic heterocycles. The lowest BCUT2D eigenvalue weighted by Gasteiger charge is -2.30. The highest BCUT2D eigenvalue weighted by Gasteiger charge is 2.37. The Morgan fingerprint density at radius 3 is 2.53 bits per heavy atom. The van der Waals surface area contributed by atoms with Gasteiger partial charge in [-0.15, -0.1) is 11.3 Å². The van der Waals surface area contributed by atoms with Crippen molar-refractivity contribution in [2.45, 2.75) is 10.9 Å². The average molecular weight is 496 g/mol. The highest BCUT2D eigenvalue weighted by atomic mass is 35.5. The van der Waals surface area contributed by atoms with Gasteiger partial charge in [-0.05, 0) is 30.3 Å². The first-order valence-electron chi connectivity index (χ1n) is 9.10. The zero-order valence-corrected chi connectivity index (χ0v) is 19.0. The van der Waals surface area contributed by atoms with Gasteiger partial charge in [0, 0.05) is 12.3 Å². The van der Waals surface area contributed by atoms with E-state index in [0.717, 1.165) is 15.6 Å². The quantitative estimate of drug-likeness (QED) is 0.467. The van der Waals surface area contributed by atoms with Gasteiger partial charge in [0.1, 0.15) is 0 Å². The molecule has 32 heavy (non-hydrogen) atoms. The molecule has 0 saturated carbocycles. The number of anilines is 1. The number of thiophene rings is 1. The summed E-state index contributed by atoms with van der Waals surface area (Å²) in [5.74, 6) is -1.93. The minimum atomic E-state index is -4.33. The summed E-state index contributed by atoms with van der Waals surface area (Å²) < 4.78 is 33.1. The van der Waals surface area contributed by atoms with Crippen LogP contribution in [0.4, 0.5) is 5.69 Å². The molecule has 168 valence electrons. The maximum atomic E-state index is 13.5. The largest absolute Gasteiger partial charge is 0.481 e. The third-order valence-electron chi connectivity index (χ3n) is 4.30. The maximum absolute atomic E-state index is 13.5. The van der Waals surface area contributed by atoms with E-state index in [2.05, 4.69) is 10.3 Å². The molecule has 9 nitrogen and oxygen atoms in total. The monoisotopic (exact) mass is 495 g/mol. The summed E-state index contributed by atoms with van der Waals surface area (Å²) in [5, 5.41) is 12.4. The SMILES string of the molecule is COc1cc(N(C(CNC(=O)c2ccc(Cl)s2)C(=O)O)S(=O)(=O)c2ccccc2)ccn1. The molecule has 2 heterocycles. The van der Waals surface area contributed by atoms with Crippen molar-refractivity contribution in [2.24, 2.45) is 0 Å². The van der Waals surface area contributed by atoms with Crippen molar-refractivity contribution in [1.82, 2.24) is 10.3 Å². The summed E-state index contributed by atoms with van der Waals surface area (Å²) in [6.07, 6.45) is 1.30. The van der Waals surface area contributed by atoms with E-state index in [0.29, 0.717) is 4.34 Å². The van der Waals surface area contributed by atoms with Crippen LogP contribution >= 0.6 is 22.9 Å². The summed E-state index contributed by atoms with van der Waals surface area (Å²) in [5.41, 5.74) is 0.0153. The van der Waals surface area contributed by atoms with Crippen LogP contribution < -0.4 is 14.4 Å². The van der Waals surface area contributed by atoms with Crippen LogP contribution in [0.2, 0.25) is 4.34 Å². The van der Waals surface area contributed by atoms with Gasteiger partial charge in [0.05, 0.1) is 33.5 Å². The predicted molar refractivity (Wildman–Crippen MR) is 120 cm³/mol. The number of carboxylic acids is 1. The van der Waals surface area contributed by atoms with E-state index in [1.807, 2.05) is 0 Å². The summed E-state index contributed by atoms with van der Waals surface area (Å²) in [4.78, 5) is 28.7. The fourth-order valence-corrected chi connectivity index (χ4v) is 5.40. The zero-order valence-electron chi connectivity index (χ0n) is 16.6. The molecule has 3 aromatic rings. The Labute approximate surface area is 193 Å². The van der Waals surface area contributed by atoms with Gasteiger partial charge in [0.2, 0.25) is 5.88 Å². The number of carbonyl (C=O) groups excluding carboxylic acids is 1. The van der Waals surface area contributed by atoms with E-state index in [1.54, 1.807) is 6.07 Å². The number of nitrogens with one attached hydrogen (secondary N) is 1. The molecule has 12 heteroatoms. The fraction of sp³-hybridized carbons (Fsp3) is 0.150. The molecular formula is C20H18ClN3O6S2. The van der Waals surface area contributed by atoms with Crippen molar-refractivity contribution < 1.29 is 27.9 Å². The van der Waals surface area contributed by atoms with Crippen LogP contribution in [0.5, 0.6) is 5.88 Å². The first-order chi connectivity index (χ1) is 15.2. The molecule has 2 aromatic heterocycles. The number of halogens is 1. The number of amides is 1. The molecule has 1 amide bonds. The fourth-order valence-electron chi connectivity index (χ4n) is 2.82. The van der Waals surface area contributed by atoms with Gasteiger partial charge in [-0.25, -0.2) is 22.5 Å². The molecule has 2 N–H and O–H groups in total. The molecule has 0 bridgehead atoms. The number of carbonyl (C=O) groups is 2. The zero-order chi connectivity index (χ0) is 23.3. The second-order valence-corrected chi connectivity index (χ2v) is 9.87. The van der Waals surface area contributed by atoms with Crippen LogP contribution in [0.3, 0.4) is 0 Å². The number of pyridine rings is 1. The summed E-state index contributed by atoms with van der Waals surface area (Å²) >= 11 is 6.86. The van der Waals surface area contributed by atoms with Gasteiger partial charge in [-0.3, -0.25) is 4.79 Å². The van der Waals surface area contributed by atoms with Gasteiger partial charge in [-0.1, -0.05) is 29.8 Å². The molecule has 1 unspecified atom stereocenters. The van der Waals surface area contributed by atoms with E-state index in [-0.39, 0.29) is 21.3 Å². The van der Waals surface area contributed by atoms with Crippen molar-refractivity contribution in [2.75, 3.05) is 18.0 Å². The van der Waals surface area contributed by atoms with E-state index < -0.39 is 34.5 Å². The molecule has 1 aromatic carbocycles. The Morgan fingerprint density at radius 1 is 1.22 bits per heavy atom. The number of aliphatic carboxylic acids is 1. The van der Waals surface area contributed by atoms with E-state index in [1.165, 1.54) is 61.8 Å². The molecule has 0 aliphatic rings. The van der Waals surface area contributed by atoms with Crippen LogP contribution in [-0.4, -0.2) is 50.1 Å². The van der Waals surface area contributed by atoms with Gasteiger partial charge in [0.15, 0.2) is 6.04 Å². The number of hydrogen-bond acceptors (Lipinski definition) is 7. The lowest BCUT2D eigenvalue weighted by atomic mass is 10.2. The van der Waals surface area contributed by atoms with E-state index in [9.17, 15) is 23.1 Å². The molecule has 0 spiro atoms. The molecule has 0 aliphatic carbocycles. The van der Waals surface area contributed by atoms with Gasteiger partial charge in [0.25, 0.3) is 15.9 Å². The van der Waals surface area contributed by atoms with Crippen LogP contribution in [0.15, 0.2) is 65.7 Å². The van der Waals surface area contributed by atoms with E-state index >= 15 is 0 Å². The standard InChI is InChI=1S/C20H18ClN3O6S2/c1-30-18-11-13(9-10-22-18)24(32(28,29)14-5-3-2-4-6-14)15(20(26)27)12-23-19(25)16-7-8-17(21)31-16/h2-11,15H,12H2,1H3,(H,23,25)(H,26,27). The Kier molecular flexibility index (Phi) is 7.33. The average Bonchev–Trinajstić information content (AvgIpc) is 3.23. The number of hydrogen-bond donors (Lipinski definition) is 2. The van der Waals surface area contributed by atoms with Crippen LogP contribution in [0.1, 0.15) is 9.67 Å². The van der Waals surface area contributed by atoms with Crippen molar-refractivity contribution in [3.8, 4) is 5.88 Å². The number of carboxylic acid groups (broad SMARTS) is 1. The van der Waals surface area contributed by atoms with E-state index in [4.69, 9.17) is 16.3 Å². The highest BCUT2D eigenvalue weighted by Crippen LogP contribution is 2.28. The number of ether oxygens (including phenoxy) is 1. The van der Waals surface area contributed by atoms with Crippen molar-refractivity contribution in [1.29, 1.82) is 0 Å². The molecule has 0 fully saturated rings. The van der Waals surface area contributed by atoms with Crippen molar-refractivity contribution in [3.63, 3.8) is 0 Å². The number of benzene rings is 1.